The van der Waals surface area contributed by atoms with E-state index in [1.165, 1.54) is 16.7 Å². The number of hydrogen-bond donors (Lipinski definition) is 2. The number of nitrogens with zero attached hydrogens (tertiary/aromatic N) is 2. The molecule has 2 N–H and O–H groups in total. The molecular weight excluding hydrogens is 377 g/mol. The fourth-order valence-corrected chi connectivity index (χ4v) is 5.13. The number of ether oxygens (including phenoxy) is 1. The molecule has 2 aromatic rings. The maximum atomic E-state index is 15.3. The van der Waals surface area contributed by atoms with Crippen molar-refractivity contribution < 1.29 is 19.0 Å². The minimum Gasteiger partial charge on any atom is -0.487 e. The summed E-state index contributed by atoms with van der Waals surface area (Å²) >= 11 is 0. The van der Waals surface area contributed by atoms with Crippen LogP contribution in [-0.4, -0.2) is 47.9 Å². The first kappa shape index (κ1) is 18.4. The summed E-state index contributed by atoms with van der Waals surface area (Å²) in [6.45, 7) is 3.44. The Kier molecular flexibility index (Phi) is 3.93. The molecule has 0 radical (unpaired) electrons. The van der Waals surface area contributed by atoms with Crippen LogP contribution < -0.4 is 20.5 Å². The fraction of sp³-hybridized carbons (Fsp3) is 0.524. The standard InChI is InChI=1S/C21H24FN3O4/c1-11-10-29-18-16-12(7-14(20(27)28)19(26)25(11)16)8-15(22)17(18)24-6-3-13(9-24)21(23-2)4-5-21/h7-8,11,13,23H,3-6,9-10H2,1-2H3,(H,27,28)/t11-,13+/m0/s1. The first-order valence-corrected chi connectivity index (χ1v) is 10.1. The zero-order chi connectivity index (χ0) is 20.5. The van der Waals surface area contributed by atoms with E-state index < -0.39 is 17.3 Å². The van der Waals surface area contributed by atoms with Gasteiger partial charge in [-0.3, -0.25) is 9.36 Å². The first-order valence-electron chi connectivity index (χ1n) is 10.1. The van der Waals surface area contributed by atoms with Gasteiger partial charge >= 0.3 is 5.97 Å². The van der Waals surface area contributed by atoms with Crippen molar-refractivity contribution in [2.75, 3.05) is 31.6 Å². The smallest absolute Gasteiger partial charge is 0.341 e. The number of anilines is 1. The molecule has 8 heteroatoms. The highest BCUT2D eigenvalue weighted by Crippen LogP contribution is 2.49. The number of nitrogens with one attached hydrogen (secondary N) is 1. The topological polar surface area (TPSA) is 83.8 Å². The van der Waals surface area contributed by atoms with Gasteiger partial charge in [0.25, 0.3) is 5.56 Å². The van der Waals surface area contributed by atoms with Crippen molar-refractivity contribution in [3.8, 4) is 5.75 Å². The quantitative estimate of drug-likeness (QED) is 0.819. The maximum Gasteiger partial charge on any atom is 0.341 e. The molecular formula is C21H24FN3O4. The molecule has 1 aliphatic carbocycles. The first-order chi connectivity index (χ1) is 13.9. The van der Waals surface area contributed by atoms with E-state index >= 15 is 4.39 Å². The monoisotopic (exact) mass is 401 g/mol. The van der Waals surface area contributed by atoms with Crippen LogP contribution in [0.3, 0.4) is 0 Å². The Morgan fingerprint density at radius 1 is 1.38 bits per heavy atom. The Morgan fingerprint density at radius 2 is 2.14 bits per heavy atom. The second-order valence-corrected chi connectivity index (χ2v) is 8.51. The molecule has 0 unspecified atom stereocenters. The third-order valence-corrected chi connectivity index (χ3v) is 6.91. The van der Waals surface area contributed by atoms with Crippen LogP contribution in [0, 0.1) is 11.7 Å². The van der Waals surface area contributed by atoms with Gasteiger partial charge in [-0.05, 0) is 51.3 Å². The van der Waals surface area contributed by atoms with Gasteiger partial charge in [-0.1, -0.05) is 0 Å². The molecule has 29 heavy (non-hydrogen) atoms. The van der Waals surface area contributed by atoms with E-state index in [1.54, 1.807) is 6.92 Å². The van der Waals surface area contributed by atoms with Crippen molar-refractivity contribution in [1.82, 2.24) is 9.88 Å². The zero-order valence-electron chi connectivity index (χ0n) is 16.5. The van der Waals surface area contributed by atoms with Crippen molar-refractivity contribution in [3.63, 3.8) is 0 Å². The van der Waals surface area contributed by atoms with Crippen molar-refractivity contribution in [2.45, 2.75) is 37.8 Å². The van der Waals surface area contributed by atoms with Crippen molar-refractivity contribution >= 4 is 22.6 Å². The molecule has 2 atom stereocenters. The number of aromatic nitrogens is 1. The van der Waals surface area contributed by atoms with E-state index in [0.29, 0.717) is 28.3 Å². The molecule has 3 aliphatic rings. The number of carbonyl (C=O) groups is 1. The van der Waals surface area contributed by atoms with Gasteiger partial charge in [-0.2, -0.15) is 0 Å². The molecule has 2 aliphatic heterocycles. The van der Waals surface area contributed by atoms with E-state index in [1.807, 2.05) is 11.9 Å². The number of benzene rings is 1. The van der Waals surface area contributed by atoms with Gasteiger partial charge in [0, 0.05) is 24.0 Å². The number of halogens is 1. The number of aromatic carboxylic acids is 1. The minimum atomic E-state index is -1.31. The Balaban J connectivity index is 1.67. The number of hydrogen-bond acceptors (Lipinski definition) is 5. The average Bonchev–Trinajstić information content (AvgIpc) is 3.34. The van der Waals surface area contributed by atoms with Gasteiger partial charge in [0.05, 0.1) is 11.6 Å². The van der Waals surface area contributed by atoms with Crippen molar-refractivity contribution in [3.05, 3.63) is 33.9 Å². The Morgan fingerprint density at radius 3 is 2.79 bits per heavy atom. The van der Waals surface area contributed by atoms with Gasteiger partial charge in [-0.15, -0.1) is 0 Å². The van der Waals surface area contributed by atoms with Gasteiger partial charge in [0.2, 0.25) is 0 Å². The van der Waals surface area contributed by atoms with Gasteiger partial charge in [-0.25, -0.2) is 9.18 Å². The number of carboxylic acids is 1. The summed E-state index contributed by atoms with van der Waals surface area (Å²) in [4.78, 5) is 26.3. The minimum absolute atomic E-state index is 0.160. The molecule has 0 spiro atoms. The highest BCUT2D eigenvalue weighted by atomic mass is 19.1. The van der Waals surface area contributed by atoms with Crippen molar-refractivity contribution in [2.24, 2.45) is 5.92 Å². The van der Waals surface area contributed by atoms with E-state index in [4.69, 9.17) is 4.74 Å². The molecule has 3 heterocycles. The molecule has 7 nitrogen and oxygen atoms in total. The molecule has 1 aromatic heterocycles. The summed E-state index contributed by atoms with van der Waals surface area (Å²) in [7, 11) is 1.99. The SMILES string of the molecule is CNC1([C@@H]2CCN(c3c(F)cc4cc(C(=O)O)c(=O)n5c4c3OC[C@@H]5C)C2)CC1. The third-order valence-electron chi connectivity index (χ3n) is 6.91. The van der Waals surface area contributed by atoms with E-state index in [-0.39, 0.29) is 23.8 Å². The van der Waals surface area contributed by atoms with Crippen LogP contribution in [0.5, 0.6) is 5.75 Å². The molecule has 1 saturated heterocycles. The molecule has 1 saturated carbocycles. The molecule has 0 amide bonds. The number of pyridine rings is 1. The largest absolute Gasteiger partial charge is 0.487 e. The highest BCUT2D eigenvalue weighted by molar-refractivity contribution is 5.97. The Hall–Kier alpha value is -2.61. The van der Waals surface area contributed by atoms with Crippen LogP contribution in [0.25, 0.3) is 10.9 Å². The summed E-state index contributed by atoms with van der Waals surface area (Å²) in [5, 5.41) is 13.2. The molecule has 1 aromatic carbocycles. The highest BCUT2D eigenvalue weighted by Gasteiger charge is 2.50. The van der Waals surface area contributed by atoms with Crippen LogP contribution in [0.2, 0.25) is 0 Å². The lowest BCUT2D eigenvalue weighted by Gasteiger charge is -2.31. The zero-order valence-corrected chi connectivity index (χ0v) is 16.5. The summed E-state index contributed by atoms with van der Waals surface area (Å²) in [5.74, 6) is -0.968. The molecule has 154 valence electrons. The van der Waals surface area contributed by atoms with Crippen LogP contribution in [0.15, 0.2) is 16.9 Å². The normalized spacial score (nSPS) is 24.6. The second kappa shape index (κ2) is 6.19. The number of rotatable bonds is 4. The van der Waals surface area contributed by atoms with Gasteiger partial charge in [0.1, 0.15) is 17.9 Å². The summed E-state index contributed by atoms with van der Waals surface area (Å²) < 4.78 is 22.6. The Labute approximate surface area is 167 Å². The van der Waals surface area contributed by atoms with Gasteiger partial charge < -0.3 is 20.1 Å². The molecule has 0 bridgehead atoms. The summed E-state index contributed by atoms with van der Waals surface area (Å²) in [6.07, 6.45) is 3.25. The van der Waals surface area contributed by atoms with Crippen molar-refractivity contribution in [1.29, 1.82) is 0 Å². The lowest BCUT2D eigenvalue weighted by atomic mass is 9.96. The lowest BCUT2D eigenvalue weighted by Crippen LogP contribution is -2.38. The second-order valence-electron chi connectivity index (χ2n) is 8.51. The molecule has 2 fully saturated rings. The summed E-state index contributed by atoms with van der Waals surface area (Å²) in [5.41, 5.74) is 0.0948. The third kappa shape index (κ3) is 2.58. The predicted octanol–water partition coefficient (Wildman–Crippen LogP) is 2.37. The summed E-state index contributed by atoms with van der Waals surface area (Å²) in [6, 6.07) is 2.25. The van der Waals surface area contributed by atoms with Crippen LogP contribution in [0.1, 0.15) is 42.6 Å². The fourth-order valence-electron chi connectivity index (χ4n) is 5.13. The molecule has 5 rings (SSSR count). The lowest BCUT2D eigenvalue weighted by molar-refractivity contribution is 0.0694. The predicted molar refractivity (Wildman–Crippen MR) is 107 cm³/mol. The Bertz CT molecular complexity index is 1090. The van der Waals surface area contributed by atoms with Crippen LogP contribution in [-0.2, 0) is 0 Å². The maximum absolute atomic E-state index is 15.3. The van der Waals surface area contributed by atoms with Crippen LogP contribution in [0.4, 0.5) is 10.1 Å². The van der Waals surface area contributed by atoms with E-state index in [9.17, 15) is 14.7 Å². The average molecular weight is 401 g/mol. The van der Waals surface area contributed by atoms with E-state index in [0.717, 1.165) is 32.4 Å². The van der Waals surface area contributed by atoms with E-state index in [2.05, 4.69) is 5.32 Å². The van der Waals surface area contributed by atoms with Crippen LogP contribution >= 0.6 is 0 Å². The van der Waals surface area contributed by atoms with Gasteiger partial charge in [0.15, 0.2) is 11.6 Å². The number of carboxylic acid groups (broad SMARTS) is 1.